The normalized spacial score (nSPS) is 20.0. The molecule has 0 saturated heterocycles. The van der Waals surface area contributed by atoms with Crippen molar-refractivity contribution in [1.29, 1.82) is 0 Å². The fraction of sp³-hybridized carbons (Fsp3) is 0.625. The molecule has 0 aliphatic carbocycles. The van der Waals surface area contributed by atoms with Gasteiger partial charge in [0.2, 0.25) is 0 Å². The maximum absolute atomic E-state index is 5.90. The van der Waals surface area contributed by atoms with Crippen LogP contribution in [-0.2, 0) is 11.2 Å². The summed E-state index contributed by atoms with van der Waals surface area (Å²) in [7, 11) is 0. The average Bonchev–Trinajstić information content (AvgIpc) is 2.45. The van der Waals surface area contributed by atoms with Crippen LogP contribution < -0.4 is 10.6 Å². The van der Waals surface area contributed by atoms with E-state index in [1.54, 1.807) is 0 Å². The number of rotatable bonds is 7. The molecular weight excluding hydrogens is 236 g/mol. The van der Waals surface area contributed by atoms with E-state index in [1.165, 1.54) is 17.5 Å². The molecule has 1 heterocycles. The molecular formula is C16H26N2O. The van der Waals surface area contributed by atoms with E-state index in [0.717, 1.165) is 32.7 Å². The van der Waals surface area contributed by atoms with E-state index in [4.69, 9.17) is 4.74 Å². The van der Waals surface area contributed by atoms with Crippen molar-refractivity contribution in [3.63, 3.8) is 0 Å². The Kier molecular flexibility index (Phi) is 5.83. The second-order valence-electron chi connectivity index (χ2n) is 5.32. The van der Waals surface area contributed by atoms with Gasteiger partial charge in [-0.25, -0.2) is 0 Å². The summed E-state index contributed by atoms with van der Waals surface area (Å²) in [5, 5.41) is 7.00. The highest BCUT2D eigenvalue weighted by molar-refractivity contribution is 5.31. The van der Waals surface area contributed by atoms with E-state index in [-0.39, 0.29) is 6.10 Å². The number of hydrogen-bond donors (Lipinski definition) is 2. The number of nitrogens with one attached hydrogen (secondary N) is 2. The molecule has 0 aromatic heterocycles. The Morgan fingerprint density at radius 2 is 2.21 bits per heavy atom. The lowest BCUT2D eigenvalue weighted by Crippen LogP contribution is -2.39. The van der Waals surface area contributed by atoms with Crippen molar-refractivity contribution in [2.24, 2.45) is 0 Å². The summed E-state index contributed by atoms with van der Waals surface area (Å²) in [6.45, 7) is 8.25. The molecule has 1 aliphatic heterocycles. The molecule has 2 rings (SSSR count). The van der Waals surface area contributed by atoms with Crippen LogP contribution in [0.15, 0.2) is 24.3 Å². The van der Waals surface area contributed by atoms with Crippen LogP contribution in [0.4, 0.5) is 0 Å². The third-order valence-corrected chi connectivity index (χ3v) is 3.62. The van der Waals surface area contributed by atoms with Crippen molar-refractivity contribution < 1.29 is 4.74 Å². The maximum atomic E-state index is 5.90. The highest BCUT2D eigenvalue weighted by atomic mass is 16.5. The molecule has 3 nitrogen and oxygen atoms in total. The zero-order chi connectivity index (χ0) is 13.5. The lowest BCUT2D eigenvalue weighted by molar-refractivity contribution is 0.0410. The Bertz CT molecular complexity index is 381. The van der Waals surface area contributed by atoms with E-state index in [9.17, 15) is 0 Å². The first-order valence-electron chi connectivity index (χ1n) is 7.44. The lowest BCUT2D eigenvalue weighted by Gasteiger charge is -2.27. The molecule has 0 saturated carbocycles. The standard InChI is InChI=1S/C16H26N2O/c1-3-9-17-11-13(2)18-12-16-15-7-5-4-6-14(15)8-10-19-16/h4-7,13,16-18H,3,8-12H2,1-2H3. The van der Waals surface area contributed by atoms with Crippen LogP contribution >= 0.6 is 0 Å². The van der Waals surface area contributed by atoms with Crippen LogP contribution in [0.2, 0.25) is 0 Å². The lowest BCUT2D eigenvalue weighted by atomic mass is 9.97. The van der Waals surface area contributed by atoms with E-state index in [2.05, 4.69) is 48.7 Å². The van der Waals surface area contributed by atoms with E-state index in [0.29, 0.717) is 6.04 Å². The van der Waals surface area contributed by atoms with Gasteiger partial charge in [0.1, 0.15) is 0 Å². The Hall–Kier alpha value is -0.900. The van der Waals surface area contributed by atoms with Crippen LogP contribution in [-0.4, -0.2) is 32.3 Å². The van der Waals surface area contributed by atoms with E-state index in [1.807, 2.05) is 0 Å². The van der Waals surface area contributed by atoms with Crippen LogP contribution in [0.1, 0.15) is 37.5 Å². The van der Waals surface area contributed by atoms with Gasteiger partial charge in [0.15, 0.2) is 0 Å². The predicted molar refractivity (Wildman–Crippen MR) is 79.5 cm³/mol. The Labute approximate surface area is 116 Å². The van der Waals surface area contributed by atoms with Gasteiger partial charge in [0.25, 0.3) is 0 Å². The van der Waals surface area contributed by atoms with Crippen molar-refractivity contribution >= 4 is 0 Å². The van der Waals surface area contributed by atoms with Crippen molar-refractivity contribution in [2.45, 2.75) is 38.8 Å². The second-order valence-corrected chi connectivity index (χ2v) is 5.32. The third kappa shape index (κ3) is 4.30. The Morgan fingerprint density at radius 3 is 3.05 bits per heavy atom. The molecule has 0 spiro atoms. The molecule has 2 unspecified atom stereocenters. The SMILES string of the molecule is CCCNCC(C)NCC1OCCc2ccccc21. The molecule has 1 aromatic rings. The topological polar surface area (TPSA) is 33.3 Å². The Morgan fingerprint density at radius 1 is 1.37 bits per heavy atom. The van der Waals surface area contributed by atoms with Gasteiger partial charge >= 0.3 is 0 Å². The molecule has 1 aromatic carbocycles. The van der Waals surface area contributed by atoms with Crippen LogP contribution in [0, 0.1) is 0 Å². The van der Waals surface area contributed by atoms with Crippen LogP contribution in [0.3, 0.4) is 0 Å². The van der Waals surface area contributed by atoms with Gasteiger partial charge in [0.05, 0.1) is 12.7 Å². The summed E-state index contributed by atoms with van der Waals surface area (Å²) in [6, 6.07) is 9.11. The molecule has 0 fully saturated rings. The molecule has 0 amide bonds. The molecule has 2 N–H and O–H groups in total. The fourth-order valence-electron chi connectivity index (χ4n) is 2.52. The summed E-state index contributed by atoms with van der Waals surface area (Å²) in [6.07, 6.45) is 2.44. The van der Waals surface area contributed by atoms with Gasteiger partial charge in [-0.3, -0.25) is 0 Å². The maximum Gasteiger partial charge on any atom is 0.0952 e. The van der Waals surface area contributed by atoms with Gasteiger partial charge in [0, 0.05) is 19.1 Å². The summed E-state index contributed by atoms with van der Waals surface area (Å²) in [5.74, 6) is 0. The fourth-order valence-corrected chi connectivity index (χ4v) is 2.52. The minimum absolute atomic E-state index is 0.207. The van der Waals surface area contributed by atoms with E-state index >= 15 is 0 Å². The summed E-state index contributed by atoms with van der Waals surface area (Å²) >= 11 is 0. The predicted octanol–water partition coefficient (Wildman–Crippen LogP) is 2.28. The molecule has 1 aliphatic rings. The van der Waals surface area contributed by atoms with Gasteiger partial charge in [-0.15, -0.1) is 0 Å². The highest BCUT2D eigenvalue weighted by Crippen LogP contribution is 2.26. The quantitative estimate of drug-likeness (QED) is 0.740. The van der Waals surface area contributed by atoms with Gasteiger partial charge in [-0.1, -0.05) is 31.2 Å². The van der Waals surface area contributed by atoms with Crippen LogP contribution in [0.5, 0.6) is 0 Å². The van der Waals surface area contributed by atoms with E-state index < -0.39 is 0 Å². The summed E-state index contributed by atoms with van der Waals surface area (Å²) in [5.41, 5.74) is 2.80. The number of benzene rings is 1. The minimum atomic E-state index is 0.207. The monoisotopic (exact) mass is 262 g/mol. The molecule has 2 atom stereocenters. The first-order chi connectivity index (χ1) is 9.31. The highest BCUT2D eigenvalue weighted by Gasteiger charge is 2.20. The van der Waals surface area contributed by atoms with Crippen molar-refractivity contribution in [1.82, 2.24) is 10.6 Å². The van der Waals surface area contributed by atoms with Crippen molar-refractivity contribution in [3.8, 4) is 0 Å². The number of hydrogen-bond acceptors (Lipinski definition) is 3. The molecule has 0 radical (unpaired) electrons. The Balaban J connectivity index is 1.80. The molecule has 3 heteroatoms. The summed E-state index contributed by atoms with van der Waals surface area (Å²) in [4.78, 5) is 0. The minimum Gasteiger partial charge on any atom is -0.372 e. The third-order valence-electron chi connectivity index (χ3n) is 3.62. The van der Waals surface area contributed by atoms with Crippen molar-refractivity contribution in [2.75, 3.05) is 26.2 Å². The largest absolute Gasteiger partial charge is 0.372 e. The van der Waals surface area contributed by atoms with Gasteiger partial charge in [-0.05, 0) is 37.4 Å². The number of fused-ring (bicyclic) bond motifs is 1. The van der Waals surface area contributed by atoms with Crippen LogP contribution in [0.25, 0.3) is 0 Å². The molecule has 106 valence electrons. The van der Waals surface area contributed by atoms with Gasteiger partial charge in [-0.2, -0.15) is 0 Å². The smallest absolute Gasteiger partial charge is 0.0952 e. The zero-order valence-corrected chi connectivity index (χ0v) is 12.1. The second kappa shape index (κ2) is 7.63. The average molecular weight is 262 g/mol. The molecule has 0 bridgehead atoms. The van der Waals surface area contributed by atoms with Gasteiger partial charge < -0.3 is 15.4 Å². The number of ether oxygens (including phenoxy) is 1. The molecule has 19 heavy (non-hydrogen) atoms. The zero-order valence-electron chi connectivity index (χ0n) is 12.1. The summed E-state index contributed by atoms with van der Waals surface area (Å²) < 4.78 is 5.90. The first-order valence-corrected chi connectivity index (χ1v) is 7.44. The van der Waals surface area contributed by atoms with Crippen molar-refractivity contribution in [3.05, 3.63) is 35.4 Å². The first kappa shape index (κ1) is 14.5.